The van der Waals surface area contributed by atoms with Crippen molar-refractivity contribution in [2.45, 2.75) is 11.4 Å². The Morgan fingerprint density at radius 2 is 1.82 bits per heavy atom. The van der Waals surface area contributed by atoms with E-state index in [1.807, 2.05) is 30.5 Å². The molecule has 1 fully saturated rings. The number of fused-ring (bicyclic) bond motifs is 1. The molecule has 0 atom stereocenters. The molecular weight excluding hydrogens is 464 g/mol. The second-order valence-corrected chi connectivity index (χ2v) is 10.5. The van der Waals surface area contributed by atoms with Crippen molar-refractivity contribution < 1.29 is 17.9 Å². The average molecular weight is 491 g/mol. The van der Waals surface area contributed by atoms with Crippen LogP contribution in [0.4, 0.5) is 5.69 Å². The largest absolute Gasteiger partial charge is 0.379 e. The SMILES string of the molecule is CN(CC(=O)Nc1ccc2c(ccn2CCN2CCOCC2)c1)S(=O)(=O)c1ccc(Cl)cc1. The zero-order valence-electron chi connectivity index (χ0n) is 18.4. The Hall–Kier alpha value is -2.43. The number of ether oxygens (including phenoxy) is 1. The molecule has 2 heterocycles. The van der Waals surface area contributed by atoms with Gasteiger partial charge in [-0.15, -0.1) is 0 Å². The molecule has 0 radical (unpaired) electrons. The van der Waals surface area contributed by atoms with Crippen LogP contribution in [-0.4, -0.2) is 74.5 Å². The molecule has 3 aromatic rings. The van der Waals surface area contributed by atoms with Gasteiger partial charge in [0.25, 0.3) is 0 Å². The molecule has 1 saturated heterocycles. The highest BCUT2D eigenvalue weighted by Gasteiger charge is 2.23. The lowest BCUT2D eigenvalue weighted by Gasteiger charge is -2.26. The van der Waals surface area contributed by atoms with Crippen LogP contribution in [0.2, 0.25) is 5.02 Å². The Kier molecular flexibility index (Phi) is 7.35. The van der Waals surface area contributed by atoms with E-state index >= 15 is 0 Å². The molecule has 4 rings (SSSR count). The summed E-state index contributed by atoms with van der Waals surface area (Å²) in [5.74, 6) is -0.416. The highest BCUT2D eigenvalue weighted by molar-refractivity contribution is 7.89. The predicted molar refractivity (Wildman–Crippen MR) is 129 cm³/mol. The lowest BCUT2D eigenvalue weighted by Crippen LogP contribution is -2.38. The van der Waals surface area contributed by atoms with E-state index in [4.69, 9.17) is 16.3 Å². The molecule has 8 nitrogen and oxygen atoms in total. The quantitative estimate of drug-likeness (QED) is 0.525. The van der Waals surface area contributed by atoms with Crippen LogP contribution >= 0.6 is 11.6 Å². The molecule has 0 aliphatic carbocycles. The van der Waals surface area contributed by atoms with Crippen LogP contribution in [0.3, 0.4) is 0 Å². The number of nitrogens with zero attached hydrogens (tertiary/aromatic N) is 3. The molecule has 1 aliphatic heterocycles. The van der Waals surface area contributed by atoms with Crippen molar-refractivity contribution in [2.75, 3.05) is 51.8 Å². The average Bonchev–Trinajstić information content (AvgIpc) is 3.20. The molecule has 0 saturated carbocycles. The number of carbonyl (C=O) groups is 1. The summed E-state index contributed by atoms with van der Waals surface area (Å²) in [5, 5.41) is 4.25. The van der Waals surface area contributed by atoms with Crippen molar-refractivity contribution >= 4 is 44.1 Å². The van der Waals surface area contributed by atoms with Gasteiger partial charge in [-0.25, -0.2) is 8.42 Å². The van der Waals surface area contributed by atoms with Crippen LogP contribution in [-0.2, 0) is 26.1 Å². The molecule has 1 N–H and O–H groups in total. The van der Waals surface area contributed by atoms with Gasteiger partial charge in [0.1, 0.15) is 0 Å². The summed E-state index contributed by atoms with van der Waals surface area (Å²) in [5.41, 5.74) is 1.71. The zero-order valence-corrected chi connectivity index (χ0v) is 20.0. The first-order valence-electron chi connectivity index (χ1n) is 10.7. The third-order valence-corrected chi connectivity index (χ3v) is 7.77. The van der Waals surface area contributed by atoms with Gasteiger partial charge in [0.05, 0.1) is 24.7 Å². The zero-order chi connectivity index (χ0) is 23.4. The van der Waals surface area contributed by atoms with Gasteiger partial charge in [-0.3, -0.25) is 9.69 Å². The molecule has 2 aromatic carbocycles. The number of nitrogens with one attached hydrogen (secondary N) is 1. The monoisotopic (exact) mass is 490 g/mol. The molecular formula is C23H27ClN4O4S. The second kappa shape index (κ2) is 10.2. The molecule has 1 amide bonds. The van der Waals surface area contributed by atoms with Crippen LogP contribution in [0.15, 0.2) is 59.6 Å². The summed E-state index contributed by atoms with van der Waals surface area (Å²) in [6, 6.07) is 13.6. The van der Waals surface area contributed by atoms with Gasteiger partial charge in [0, 0.05) is 61.0 Å². The number of amides is 1. The van der Waals surface area contributed by atoms with Crippen LogP contribution in [0, 0.1) is 0 Å². The first-order valence-corrected chi connectivity index (χ1v) is 12.6. The van der Waals surface area contributed by atoms with Crippen LogP contribution in [0.5, 0.6) is 0 Å². The lowest BCUT2D eigenvalue weighted by atomic mass is 10.2. The Balaban J connectivity index is 1.37. The maximum absolute atomic E-state index is 12.7. The Labute approximate surface area is 198 Å². The van der Waals surface area contributed by atoms with Gasteiger partial charge in [0.15, 0.2) is 0 Å². The highest BCUT2D eigenvalue weighted by Crippen LogP contribution is 2.21. The third kappa shape index (κ3) is 5.74. The normalized spacial score (nSPS) is 15.2. The molecule has 176 valence electrons. The fourth-order valence-electron chi connectivity index (χ4n) is 3.82. The van der Waals surface area contributed by atoms with Crippen LogP contribution in [0.1, 0.15) is 0 Å². The summed E-state index contributed by atoms with van der Waals surface area (Å²) >= 11 is 5.83. The molecule has 0 bridgehead atoms. The standard InChI is InChI=1S/C23H27ClN4O4S/c1-26(33(30,31)21-5-2-19(24)3-6-21)17-23(29)25-20-4-7-22-18(16-20)8-9-28(22)11-10-27-12-14-32-15-13-27/h2-9,16H,10-15,17H2,1H3,(H,25,29). The summed E-state index contributed by atoms with van der Waals surface area (Å²) in [7, 11) is -2.42. The van der Waals surface area contributed by atoms with Crippen molar-refractivity contribution in [3.8, 4) is 0 Å². The van der Waals surface area contributed by atoms with Crippen molar-refractivity contribution in [1.82, 2.24) is 13.8 Å². The molecule has 1 aliphatic rings. The Morgan fingerprint density at radius 3 is 2.55 bits per heavy atom. The van der Waals surface area contributed by atoms with Crippen LogP contribution < -0.4 is 5.32 Å². The smallest absolute Gasteiger partial charge is 0.243 e. The number of likely N-dealkylation sites (N-methyl/N-ethyl adjacent to an activating group) is 1. The van der Waals surface area contributed by atoms with E-state index in [9.17, 15) is 13.2 Å². The van der Waals surface area contributed by atoms with E-state index in [1.165, 1.54) is 31.3 Å². The van der Waals surface area contributed by atoms with Gasteiger partial charge >= 0.3 is 0 Å². The molecule has 0 unspecified atom stereocenters. The first kappa shape index (κ1) is 23.7. The minimum atomic E-state index is -3.79. The summed E-state index contributed by atoms with van der Waals surface area (Å²) < 4.78 is 34.0. The number of aromatic nitrogens is 1. The summed E-state index contributed by atoms with van der Waals surface area (Å²) in [4.78, 5) is 15.0. The van der Waals surface area contributed by atoms with Gasteiger partial charge in [-0.2, -0.15) is 4.31 Å². The first-order chi connectivity index (χ1) is 15.8. The Bertz CT molecular complexity index is 1220. The maximum Gasteiger partial charge on any atom is 0.243 e. The highest BCUT2D eigenvalue weighted by atomic mass is 35.5. The van der Waals surface area contributed by atoms with E-state index in [1.54, 1.807) is 0 Å². The summed E-state index contributed by atoms with van der Waals surface area (Å²) in [6.45, 7) is 5.01. The fourth-order valence-corrected chi connectivity index (χ4v) is 5.07. The fraction of sp³-hybridized carbons (Fsp3) is 0.348. The van der Waals surface area contributed by atoms with E-state index in [0.717, 1.165) is 54.6 Å². The third-order valence-electron chi connectivity index (χ3n) is 5.70. The molecule has 10 heteroatoms. The lowest BCUT2D eigenvalue weighted by molar-refractivity contribution is -0.116. The van der Waals surface area contributed by atoms with Gasteiger partial charge in [-0.1, -0.05) is 11.6 Å². The number of carbonyl (C=O) groups excluding carboxylic acids is 1. The summed E-state index contributed by atoms with van der Waals surface area (Å²) in [6.07, 6.45) is 2.04. The number of morpholine rings is 1. The van der Waals surface area contributed by atoms with Crippen molar-refractivity contribution in [3.05, 3.63) is 59.8 Å². The minimum absolute atomic E-state index is 0.0852. The van der Waals surface area contributed by atoms with Crippen LogP contribution in [0.25, 0.3) is 10.9 Å². The predicted octanol–water partition coefficient (Wildman–Crippen LogP) is 2.89. The molecule has 0 spiro atoms. The number of anilines is 1. The molecule has 1 aromatic heterocycles. The van der Waals surface area contributed by atoms with Gasteiger partial charge in [0.2, 0.25) is 15.9 Å². The van der Waals surface area contributed by atoms with E-state index in [-0.39, 0.29) is 11.4 Å². The van der Waals surface area contributed by atoms with Gasteiger partial charge in [-0.05, 0) is 48.5 Å². The van der Waals surface area contributed by atoms with E-state index in [0.29, 0.717) is 10.7 Å². The number of halogens is 1. The van der Waals surface area contributed by atoms with Crippen molar-refractivity contribution in [3.63, 3.8) is 0 Å². The van der Waals surface area contributed by atoms with Gasteiger partial charge < -0.3 is 14.6 Å². The number of sulfonamides is 1. The van der Waals surface area contributed by atoms with Crippen molar-refractivity contribution in [1.29, 1.82) is 0 Å². The number of benzene rings is 2. The second-order valence-electron chi connectivity index (χ2n) is 8.00. The maximum atomic E-state index is 12.7. The van der Waals surface area contributed by atoms with E-state index < -0.39 is 15.9 Å². The molecule has 33 heavy (non-hydrogen) atoms. The number of rotatable bonds is 8. The van der Waals surface area contributed by atoms with Crippen molar-refractivity contribution in [2.24, 2.45) is 0 Å². The number of hydrogen-bond donors (Lipinski definition) is 1. The van der Waals surface area contributed by atoms with E-state index in [2.05, 4.69) is 14.8 Å². The Morgan fingerprint density at radius 1 is 1.09 bits per heavy atom. The topological polar surface area (TPSA) is 83.9 Å². The number of hydrogen-bond acceptors (Lipinski definition) is 5. The minimum Gasteiger partial charge on any atom is -0.379 e.